The van der Waals surface area contributed by atoms with E-state index in [9.17, 15) is 0 Å². The van der Waals surface area contributed by atoms with Gasteiger partial charge in [-0.15, -0.1) is 12.4 Å². The summed E-state index contributed by atoms with van der Waals surface area (Å²) in [6.45, 7) is 4.43. The summed E-state index contributed by atoms with van der Waals surface area (Å²) < 4.78 is 0. The zero-order valence-corrected chi connectivity index (χ0v) is 14.1. The minimum absolute atomic E-state index is 0. The maximum Gasteiger partial charge on any atom is 0.0880 e. The van der Waals surface area contributed by atoms with Crippen molar-refractivity contribution in [2.75, 3.05) is 30.0 Å². The van der Waals surface area contributed by atoms with E-state index >= 15 is 0 Å². The Morgan fingerprint density at radius 2 is 1.61 bits per heavy atom. The minimum Gasteiger partial charge on any atom is -0.366 e. The van der Waals surface area contributed by atoms with Crippen LogP contribution < -0.4 is 10.2 Å². The Morgan fingerprint density at radius 3 is 2.39 bits per heavy atom. The minimum atomic E-state index is 0. The summed E-state index contributed by atoms with van der Waals surface area (Å²) in [5.74, 6) is 0. The molecule has 0 saturated carbocycles. The summed E-state index contributed by atoms with van der Waals surface area (Å²) in [7, 11) is 0. The topological polar surface area (TPSA) is 18.5 Å². The fraction of sp³-hybridized carbons (Fsp3) is 0.368. The molecule has 3 nitrogen and oxygen atoms in total. The smallest absolute Gasteiger partial charge is 0.0880 e. The van der Waals surface area contributed by atoms with Crippen LogP contribution >= 0.6 is 12.4 Å². The number of nitrogens with one attached hydrogen (secondary N) is 1. The van der Waals surface area contributed by atoms with Crippen molar-refractivity contribution in [2.45, 2.75) is 25.4 Å². The zero-order valence-electron chi connectivity index (χ0n) is 13.3. The molecule has 2 heterocycles. The average molecular weight is 330 g/mol. The summed E-state index contributed by atoms with van der Waals surface area (Å²) in [5.41, 5.74) is 4.09. The number of fused-ring (bicyclic) bond motifs is 1. The fourth-order valence-corrected chi connectivity index (χ4v) is 3.69. The van der Waals surface area contributed by atoms with Gasteiger partial charge in [0.15, 0.2) is 0 Å². The van der Waals surface area contributed by atoms with Gasteiger partial charge in [0.2, 0.25) is 0 Å². The van der Waals surface area contributed by atoms with Crippen LogP contribution in [0.1, 0.15) is 18.4 Å². The lowest BCUT2D eigenvalue weighted by atomic mass is 10.0. The molecule has 0 bridgehead atoms. The van der Waals surface area contributed by atoms with E-state index in [1.807, 2.05) is 0 Å². The van der Waals surface area contributed by atoms with Crippen LogP contribution in [0.2, 0.25) is 0 Å². The van der Waals surface area contributed by atoms with Gasteiger partial charge in [0, 0.05) is 25.7 Å². The molecule has 2 aromatic rings. The number of hydrogen-bond donors (Lipinski definition) is 1. The van der Waals surface area contributed by atoms with Crippen LogP contribution in [-0.4, -0.2) is 30.7 Å². The molecule has 0 aliphatic carbocycles. The third kappa shape index (κ3) is 3.46. The highest BCUT2D eigenvalue weighted by Gasteiger charge is 2.28. The van der Waals surface area contributed by atoms with Gasteiger partial charge in [0.25, 0.3) is 0 Å². The van der Waals surface area contributed by atoms with Crippen LogP contribution in [0.4, 0.5) is 11.4 Å². The summed E-state index contributed by atoms with van der Waals surface area (Å²) in [6, 6.07) is 20.2. The van der Waals surface area contributed by atoms with Crippen molar-refractivity contribution in [1.82, 2.24) is 4.90 Å². The molecule has 0 amide bonds. The standard InChI is InChI=1S/C19H23N3.ClH/c1-2-6-16(7-3-1)14-21-12-10-17(11-13-21)22-15-20-18-8-4-5-9-19(18)22;/h1-9,17,20H,10-15H2;1H. The second kappa shape index (κ2) is 7.24. The number of nitrogens with zero attached hydrogens (tertiary/aromatic N) is 2. The van der Waals surface area contributed by atoms with Crippen LogP contribution in [0.15, 0.2) is 54.6 Å². The molecule has 0 atom stereocenters. The Labute approximate surface area is 144 Å². The summed E-state index contributed by atoms with van der Waals surface area (Å²) in [5, 5.41) is 3.51. The van der Waals surface area contributed by atoms with E-state index in [-0.39, 0.29) is 12.4 Å². The molecule has 1 fully saturated rings. The van der Waals surface area contributed by atoms with Gasteiger partial charge in [-0.1, -0.05) is 42.5 Å². The SMILES string of the molecule is Cl.c1ccc(CN2CCC(N3CNc4ccccc43)CC2)cc1. The second-order valence-electron chi connectivity index (χ2n) is 6.31. The van der Waals surface area contributed by atoms with Gasteiger partial charge in [-0.3, -0.25) is 4.90 Å². The van der Waals surface area contributed by atoms with Crippen molar-refractivity contribution in [3.63, 3.8) is 0 Å². The summed E-state index contributed by atoms with van der Waals surface area (Å²) in [4.78, 5) is 5.14. The van der Waals surface area contributed by atoms with Gasteiger partial charge in [-0.25, -0.2) is 0 Å². The third-order valence-corrected chi connectivity index (χ3v) is 4.90. The van der Waals surface area contributed by atoms with Crippen LogP contribution in [0, 0.1) is 0 Å². The van der Waals surface area contributed by atoms with E-state index in [1.54, 1.807) is 0 Å². The van der Waals surface area contributed by atoms with Crippen molar-refractivity contribution in [2.24, 2.45) is 0 Å². The number of rotatable bonds is 3. The number of halogens is 1. The van der Waals surface area contributed by atoms with Crippen molar-refractivity contribution in [1.29, 1.82) is 0 Å². The van der Waals surface area contributed by atoms with E-state index in [2.05, 4.69) is 69.7 Å². The van der Waals surface area contributed by atoms with E-state index in [4.69, 9.17) is 0 Å². The van der Waals surface area contributed by atoms with Crippen LogP contribution in [0.5, 0.6) is 0 Å². The van der Waals surface area contributed by atoms with E-state index < -0.39 is 0 Å². The normalized spacial score (nSPS) is 18.2. The Hall–Kier alpha value is -1.71. The molecule has 2 aliphatic heterocycles. The van der Waals surface area contributed by atoms with Gasteiger partial charge < -0.3 is 10.2 Å². The first-order chi connectivity index (χ1) is 10.9. The molecule has 122 valence electrons. The first kappa shape index (κ1) is 16.2. The van der Waals surface area contributed by atoms with E-state index in [0.29, 0.717) is 6.04 Å². The molecule has 23 heavy (non-hydrogen) atoms. The Balaban J connectivity index is 0.00000156. The molecular weight excluding hydrogens is 306 g/mol. The molecule has 0 unspecified atom stereocenters. The quantitative estimate of drug-likeness (QED) is 0.919. The maximum absolute atomic E-state index is 3.51. The van der Waals surface area contributed by atoms with Gasteiger partial charge in [0.1, 0.15) is 0 Å². The molecular formula is C19H24ClN3. The molecule has 2 aromatic carbocycles. The van der Waals surface area contributed by atoms with E-state index in [1.165, 1.54) is 42.9 Å². The van der Waals surface area contributed by atoms with Crippen LogP contribution in [0.3, 0.4) is 0 Å². The van der Waals surface area contributed by atoms with Crippen molar-refractivity contribution >= 4 is 23.8 Å². The molecule has 0 radical (unpaired) electrons. The Morgan fingerprint density at radius 1 is 0.913 bits per heavy atom. The van der Waals surface area contributed by atoms with Gasteiger partial charge in [0.05, 0.1) is 18.0 Å². The summed E-state index contributed by atoms with van der Waals surface area (Å²) >= 11 is 0. The first-order valence-corrected chi connectivity index (χ1v) is 8.26. The number of likely N-dealkylation sites (tertiary alicyclic amines) is 1. The van der Waals surface area contributed by atoms with Crippen molar-refractivity contribution in [3.05, 3.63) is 60.2 Å². The zero-order chi connectivity index (χ0) is 14.8. The highest BCUT2D eigenvalue weighted by Crippen LogP contribution is 2.34. The molecule has 4 rings (SSSR count). The fourth-order valence-electron chi connectivity index (χ4n) is 3.69. The van der Waals surface area contributed by atoms with Crippen molar-refractivity contribution in [3.8, 4) is 0 Å². The molecule has 0 spiro atoms. The maximum atomic E-state index is 3.51. The highest BCUT2D eigenvalue weighted by atomic mass is 35.5. The number of para-hydroxylation sites is 2. The largest absolute Gasteiger partial charge is 0.366 e. The lowest BCUT2D eigenvalue weighted by molar-refractivity contribution is 0.202. The number of anilines is 2. The monoisotopic (exact) mass is 329 g/mol. The second-order valence-corrected chi connectivity index (χ2v) is 6.31. The Bertz CT molecular complexity index is 624. The lowest BCUT2D eigenvalue weighted by Crippen LogP contribution is -2.44. The number of piperidine rings is 1. The summed E-state index contributed by atoms with van der Waals surface area (Å²) in [6.07, 6.45) is 2.51. The Kier molecular flexibility index (Phi) is 5.09. The number of hydrogen-bond acceptors (Lipinski definition) is 3. The average Bonchev–Trinajstić information content (AvgIpc) is 3.01. The predicted octanol–water partition coefficient (Wildman–Crippen LogP) is 3.96. The third-order valence-electron chi connectivity index (χ3n) is 4.90. The lowest BCUT2D eigenvalue weighted by Gasteiger charge is -2.37. The van der Waals surface area contributed by atoms with Crippen LogP contribution in [0.25, 0.3) is 0 Å². The van der Waals surface area contributed by atoms with E-state index in [0.717, 1.165) is 13.2 Å². The molecule has 1 N–H and O–H groups in total. The molecule has 1 saturated heterocycles. The first-order valence-electron chi connectivity index (χ1n) is 8.26. The van der Waals surface area contributed by atoms with Gasteiger partial charge in [-0.2, -0.15) is 0 Å². The highest BCUT2D eigenvalue weighted by molar-refractivity contribution is 5.85. The predicted molar refractivity (Wildman–Crippen MR) is 99.4 cm³/mol. The number of benzene rings is 2. The molecule has 2 aliphatic rings. The van der Waals surface area contributed by atoms with Crippen LogP contribution in [-0.2, 0) is 6.54 Å². The van der Waals surface area contributed by atoms with Crippen molar-refractivity contribution < 1.29 is 0 Å². The van der Waals surface area contributed by atoms with Gasteiger partial charge >= 0.3 is 0 Å². The molecule has 4 heteroatoms. The van der Waals surface area contributed by atoms with Gasteiger partial charge in [-0.05, 0) is 30.5 Å². The molecule has 0 aromatic heterocycles.